The van der Waals surface area contributed by atoms with Crippen LogP contribution >= 0.6 is 0 Å². The van der Waals surface area contributed by atoms with Crippen LogP contribution in [0.15, 0.2) is 18.2 Å². The third-order valence-electron chi connectivity index (χ3n) is 2.60. The SMILES string of the molecule is CC(C)(C)CC(O)CNc1cccc(C#N)c1N. The number of nitrogens with zero attached hydrogens (tertiary/aromatic N) is 1. The lowest BCUT2D eigenvalue weighted by Crippen LogP contribution is -2.25. The number of hydrogen-bond donors (Lipinski definition) is 3. The molecular weight excluding hydrogens is 226 g/mol. The molecule has 18 heavy (non-hydrogen) atoms. The molecule has 0 amide bonds. The van der Waals surface area contributed by atoms with Crippen LogP contribution in [0.4, 0.5) is 11.4 Å². The summed E-state index contributed by atoms with van der Waals surface area (Å²) in [4.78, 5) is 0. The lowest BCUT2D eigenvalue weighted by atomic mass is 9.89. The van der Waals surface area contributed by atoms with Gasteiger partial charge in [0.05, 0.1) is 23.0 Å². The fraction of sp³-hybridized carbons (Fsp3) is 0.500. The number of rotatable bonds is 4. The van der Waals surface area contributed by atoms with E-state index < -0.39 is 6.10 Å². The van der Waals surface area contributed by atoms with Gasteiger partial charge < -0.3 is 16.2 Å². The molecule has 0 radical (unpaired) electrons. The average molecular weight is 247 g/mol. The molecule has 1 rings (SSSR count). The molecule has 4 heteroatoms. The molecule has 1 aromatic carbocycles. The van der Waals surface area contributed by atoms with Gasteiger partial charge in [0.15, 0.2) is 0 Å². The molecule has 0 bridgehead atoms. The Balaban J connectivity index is 2.62. The molecule has 0 aliphatic heterocycles. The lowest BCUT2D eigenvalue weighted by Gasteiger charge is -2.23. The van der Waals surface area contributed by atoms with Crippen LogP contribution in [0.5, 0.6) is 0 Å². The molecule has 1 aromatic rings. The molecule has 4 nitrogen and oxygen atoms in total. The van der Waals surface area contributed by atoms with Gasteiger partial charge in [-0.1, -0.05) is 26.8 Å². The van der Waals surface area contributed by atoms with Crippen LogP contribution in [-0.2, 0) is 0 Å². The Hall–Kier alpha value is -1.73. The van der Waals surface area contributed by atoms with Crippen LogP contribution in [0, 0.1) is 16.7 Å². The highest BCUT2D eigenvalue weighted by molar-refractivity contribution is 5.72. The van der Waals surface area contributed by atoms with Crippen molar-refractivity contribution in [1.29, 1.82) is 5.26 Å². The zero-order chi connectivity index (χ0) is 13.8. The Morgan fingerprint density at radius 2 is 2.11 bits per heavy atom. The van der Waals surface area contributed by atoms with Crippen molar-refractivity contribution < 1.29 is 5.11 Å². The number of nitriles is 1. The summed E-state index contributed by atoms with van der Waals surface area (Å²) in [5.41, 5.74) is 7.50. The zero-order valence-corrected chi connectivity index (χ0v) is 11.2. The van der Waals surface area contributed by atoms with Crippen molar-refractivity contribution in [2.24, 2.45) is 5.41 Å². The van der Waals surface area contributed by atoms with Crippen molar-refractivity contribution >= 4 is 11.4 Å². The third kappa shape index (κ3) is 4.27. The fourth-order valence-corrected chi connectivity index (χ4v) is 1.82. The van der Waals surface area contributed by atoms with E-state index >= 15 is 0 Å². The molecule has 0 saturated carbocycles. The van der Waals surface area contributed by atoms with Crippen molar-refractivity contribution in [3.63, 3.8) is 0 Å². The highest BCUT2D eigenvalue weighted by Gasteiger charge is 2.16. The maximum absolute atomic E-state index is 9.90. The monoisotopic (exact) mass is 247 g/mol. The predicted molar refractivity (Wildman–Crippen MR) is 74.1 cm³/mol. The predicted octanol–water partition coefficient (Wildman–Crippen LogP) is 2.35. The number of hydrogen-bond acceptors (Lipinski definition) is 4. The molecule has 98 valence electrons. The first-order chi connectivity index (χ1) is 8.33. The Morgan fingerprint density at radius 1 is 1.44 bits per heavy atom. The Labute approximate surface area is 108 Å². The number of aliphatic hydroxyl groups is 1. The molecule has 1 atom stereocenters. The normalized spacial score (nSPS) is 12.8. The van der Waals surface area contributed by atoms with Crippen LogP contribution in [0.3, 0.4) is 0 Å². The number of anilines is 2. The number of benzene rings is 1. The minimum atomic E-state index is -0.435. The zero-order valence-electron chi connectivity index (χ0n) is 11.2. The van der Waals surface area contributed by atoms with Crippen molar-refractivity contribution in [2.75, 3.05) is 17.6 Å². The van der Waals surface area contributed by atoms with E-state index in [1.54, 1.807) is 18.2 Å². The Bertz CT molecular complexity index is 443. The van der Waals surface area contributed by atoms with Crippen LogP contribution in [0.2, 0.25) is 0 Å². The van der Waals surface area contributed by atoms with E-state index in [0.29, 0.717) is 29.9 Å². The Morgan fingerprint density at radius 3 is 2.67 bits per heavy atom. The van der Waals surface area contributed by atoms with Gasteiger partial charge in [0.1, 0.15) is 6.07 Å². The third-order valence-corrected chi connectivity index (χ3v) is 2.60. The number of nitrogens with one attached hydrogen (secondary N) is 1. The second-order valence-corrected chi connectivity index (χ2v) is 5.68. The maximum atomic E-state index is 9.90. The largest absolute Gasteiger partial charge is 0.396 e. The van der Waals surface area contributed by atoms with E-state index in [9.17, 15) is 5.11 Å². The maximum Gasteiger partial charge on any atom is 0.101 e. The van der Waals surface area contributed by atoms with E-state index in [-0.39, 0.29) is 5.41 Å². The summed E-state index contributed by atoms with van der Waals surface area (Å²) in [5.74, 6) is 0. The summed E-state index contributed by atoms with van der Waals surface area (Å²) in [7, 11) is 0. The van der Waals surface area contributed by atoms with Crippen LogP contribution in [0.1, 0.15) is 32.8 Å². The van der Waals surface area contributed by atoms with Gasteiger partial charge in [-0.2, -0.15) is 5.26 Å². The minimum absolute atomic E-state index is 0.0845. The molecule has 0 heterocycles. The van der Waals surface area contributed by atoms with E-state index in [1.165, 1.54) is 0 Å². The van der Waals surface area contributed by atoms with Crippen LogP contribution in [0.25, 0.3) is 0 Å². The first kappa shape index (κ1) is 14.3. The van der Waals surface area contributed by atoms with Gasteiger partial charge >= 0.3 is 0 Å². The molecule has 0 spiro atoms. The molecule has 0 fully saturated rings. The topological polar surface area (TPSA) is 82.1 Å². The lowest BCUT2D eigenvalue weighted by molar-refractivity contribution is 0.132. The van der Waals surface area contributed by atoms with E-state index in [2.05, 4.69) is 26.1 Å². The van der Waals surface area contributed by atoms with Gasteiger partial charge in [0.25, 0.3) is 0 Å². The fourth-order valence-electron chi connectivity index (χ4n) is 1.82. The van der Waals surface area contributed by atoms with E-state index in [4.69, 9.17) is 11.0 Å². The van der Waals surface area contributed by atoms with Gasteiger partial charge in [0.2, 0.25) is 0 Å². The van der Waals surface area contributed by atoms with E-state index in [0.717, 1.165) is 0 Å². The second-order valence-electron chi connectivity index (χ2n) is 5.68. The number of para-hydroxylation sites is 1. The molecule has 0 aliphatic rings. The molecule has 4 N–H and O–H groups in total. The highest BCUT2D eigenvalue weighted by atomic mass is 16.3. The smallest absolute Gasteiger partial charge is 0.101 e. The summed E-state index contributed by atoms with van der Waals surface area (Å²) in [6.07, 6.45) is 0.271. The first-order valence-corrected chi connectivity index (χ1v) is 6.04. The Kier molecular flexibility index (Phi) is 4.57. The van der Waals surface area contributed by atoms with Crippen molar-refractivity contribution in [2.45, 2.75) is 33.3 Å². The molecule has 1 unspecified atom stereocenters. The van der Waals surface area contributed by atoms with Crippen molar-refractivity contribution in [3.8, 4) is 6.07 Å². The number of nitrogens with two attached hydrogens (primary N) is 1. The summed E-state index contributed by atoms with van der Waals surface area (Å²) in [5, 5.41) is 21.8. The van der Waals surface area contributed by atoms with Crippen LogP contribution in [-0.4, -0.2) is 17.8 Å². The number of aliphatic hydroxyl groups excluding tert-OH is 1. The summed E-state index contributed by atoms with van der Waals surface area (Å²) in [6.45, 7) is 6.68. The minimum Gasteiger partial charge on any atom is -0.396 e. The highest BCUT2D eigenvalue weighted by Crippen LogP contribution is 2.24. The van der Waals surface area contributed by atoms with E-state index in [1.807, 2.05) is 6.07 Å². The van der Waals surface area contributed by atoms with Crippen LogP contribution < -0.4 is 11.1 Å². The number of nitrogen functional groups attached to an aromatic ring is 1. The summed E-state index contributed by atoms with van der Waals surface area (Å²) < 4.78 is 0. The molecular formula is C14H21N3O. The van der Waals surface area contributed by atoms with Gasteiger partial charge in [0, 0.05) is 6.54 Å². The van der Waals surface area contributed by atoms with Gasteiger partial charge in [-0.15, -0.1) is 0 Å². The standard InChI is InChI=1S/C14H21N3O/c1-14(2,3)7-11(18)9-17-12-6-4-5-10(8-15)13(12)16/h4-6,11,17-18H,7,9,16H2,1-3H3. The summed E-state index contributed by atoms with van der Waals surface area (Å²) in [6, 6.07) is 7.28. The molecule has 0 aromatic heterocycles. The second kappa shape index (κ2) is 5.74. The van der Waals surface area contributed by atoms with Gasteiger partial charge in [-0.05, 0) is 24.0 Å². The molecule has 0 aliphatic carbocycles. The quantitative estimate of drug-likeness (QED) is 0.713. The van der Waals surface area contributed by atoms with Gasteiger partial charge in [-0.25, -0.2) is 0 Å². The average Bonchev–Trinajstić information content (AvgIpc) is 2.25. The van der Waals surface area contributed by atoms with Crippen molar-refractivity contribution in [1.82, 2.24) is 0 Å². The van der Waals surface area contributed by atoms with Crippen molar-refractivity contribution in [3.05, 3.63) is 23.8 Å². The van der Waals surface area contributed by atoms with Gasteiger partial charge in [-0.3, -0.25) is 0 Å². The first-order valence-electron chi connectivity index (χ1n) is 6.04. The summed E-state index contributed by atoms with van der Waals surface area (Å²) >= 11 is 0. The molecule has 0 saturated heterocycles.